The van der Waals surface area contributed by atoms with Crippen LogP contribution in [0.5, 0.6) is 0 Å². The standard InChI is InChI=1S/C11H15N3O/c1-2-4-10(15)14-8-3-5-9(14)11-12-6-7-13-11/h2,6,9H,3-5,8H2,1H3,(H,12,13)/t9-/m0/s1. The van der Waals surface area contributed by atoms with E-state index in [0.29, 0.717) is 6.42 Å². The Morgan fingerprint density at radius 1 is 1.87 bits per heavy atom. The molecule has 1 fully saturated rings. The molecule has 15 heavy (non-hydrogen) atoms. The zero-order valence-corrected chi connectivity index (χ0v) is 8.86. The first kappa shape index (κ1) is 10.2. The third kappa shape index (κ3) is 2.03. The second kappa shape index (κ2) is 4.47. The number of nitrogens with zero attached hydrogens (tertiary/aromatic N) is 2. The minimum absolute atomic E-state index is 0.128. The van der Waals surface area contributed by atoms with Crippen molar-refractivity contribution >= 4 is 5.91 Å². The number of H-pyrrole nitrogens is 1. The fourth-order valence-electron chi connectivity index (χ4n) is 2.05. The van der Waals surface area contributed by atoms with Crippen LogP contribution in [0, 0.1) is 12.6 Å². The van der Waals surface area contributed by atoms with Gasteiger partial charge in [0.1, 0.15) is 5.82 Å². The SMILES string of the molecule is C[CH]CC(=O)N1CCC[C@H]1c1nc[c][nH]1. The summed E-state index contributed by atoms with van der Waals surface area (Å²) in [6.45, 7) is 2.75. The largest absolute Gasteiger partial charge is 0.339 e. The number of imidazole rings is 1. The van der Waals surface area contributed by atoms with Crippen molar-refractivity contribution < 1.29 is 4.79 Å². The van der Waals surface area contributed by atoms with Gasteiger partial charge in [0.15, 0.2) is 0 Å². The van der Waals surface area contributed by atoms with E-state index in [1.165, 1.54) is 0 Å². The molecule has 1 N–H and O–H groups in total. The Hall–Kier alpha value is -1.32. The smallest absolute Gasteiger partial charge is 0.223 e. The lowest BCUT2D eigenvalue weighted by molar-refractivity contribution is -0.131. The number of amides is 1. The summed E-state index contributed by atoms with van der Waals surface area (Å²) in [4.78, 5) is 20.8. The lowest BCUT2D eigenvalue weighted by Crippen LogP contribution is -2.30. The highest BCUT2D eigenvalue weighted by Crippen LogP contribution is 2.30. The molecule has 1 aromatic heterocycles. The van der Waals surface area contributed by atoms with Crippen molar-refractivity contribution in [2.45, 2.75) is 32.2 Å². The number of carbonyl (C=O) groups excluding carboxylic acids is 1. The molecule has 2 radical (unpaired) electrons. The molecule has 2 rings (SSSR count). The molecule has 1 saturated heterocycles. The van der Waals surface area contributed by atoms with Gasteiger partial charge in [-0.3, -0.25) is 4.79 Å². The van der Waals surface area contributed by atoms with Crippen LogP contribution in [0.3, 0.4) is 0 Å². The maximum atomic E-state index is 11.8. The number of likely N-dealkylation sites (tertiary alicyclic amines) is 1. The predicted molar refractivity (Wildman–Crippen MR) is 55.7 cm³/mol. The minimum atomic E-state index is 0.128. The van der Waals surface area contributed by atoms with E-state index >= 15 is 0 Å². The predicted octanol–water partition coefficient (Wildman–Crippen LogP) is 1.49. The highest BCUT2D eigenvalue weighted by Gasteiger charge is 2.30. The van der Waals surface area contributed by atoms with Gasteiger partial charge in [0.25, 0.3) is 0 Å². The summed E-state index contributed by atoms with van der Waals surface area (Å²) in [6, 6.07) is 0.128. The maximum absolute atomic E-state index is 11.8. The lowest BCUT2D eigenvalue weighted by Gasteiger charge is -2.22. The van der Waals surface area contributed by atoms with Crippen LogP contribution in [0.1, 0.15) is 38.1 Å². The van der Waals surface area contributed by atoms with Gasteiger partial charge in [0.05, 0.1) is 18.4 Å². The highest BCUT2D eigenvalue weighted by molar-refractivity contribution is 5.77. The maximum Gasteiger partial charge on any atom is 0.223 e. The molecule has 4 nitrogen and oxygen atoms in total. The molecule has 0 aliphatic carbocycles. The molecular weight excluding hydrogens is 190 g/mol. The number of aromatic amines is 1. The van der Waals surface area contributed by atoms with E-state index in [0.717, 1.165) is 25.2 Å². The Bertz CT molecular complexity index is 321. The van der Waals surface area contributed by atoms with E-state index in [2.05, 4.69) is 16.2 Å². The molecule has 2 heterocycles. The number of hydrogen-bond donors (Lipinski definition) is 1. The molecule has 1 atom stereocenters. The van der Waals surface area contributed by atoms with E-state index < -0.39 is 0 Å². The molecule has 1 amide bonds. The average Bonchev–Trinajstić information content (AvgIpc) is 2.88. The van der Waals surface area contributed by atoms with Gasteiger partial charge >= 0.3 is 0 Å². The van der Waals surface area contributed by atoms with Crippen LogP contribution >= 0.6 is 0 Å². The number of carbonyl (C=O) groups is 1. The van der Waals surface area contributed by atoms with Crippen LogP contribution in [0.4, 0.5) is 0 Å². The molecule has 0 spiro atoms. The minimum Gasteiger partial charge on any atom is -0.339 e. The summed E-state index contributed by atoms with van der Waals surface area (Å²) < 4.78 is 0. The van der Waals surface area contributed by atoms with Crippen molar-refractivity contribution in [3.63, 3.8) is 0 Å². The molecule has 0 unspecified atom stereocenters. The van der Waals surface area contributed by atoms with Crippen LogP contribution in [0.2, 0.25) is 0 Å². The average molecular weight is 205 g/mol. The van der Waals surface area contributed by atoms with E-state index in [4.69, 9.17) is 0 Å². The Kier molecular flexibility index (Phi) is 3.04. The van der Waals surface area contributed by atoms with Crippen LogP contribution in [0.25, 0.3) is 0 Å². The van der Waals surface area contributed by atoms with Crippen molar-refractivity contribution in [1.29, 1.82) is 0 Å². The van der Waals surface area contributed by atoms with E-state index in [1.54, 1.807) is 6.20 Å². The molecule has 1 aliphatic rings. The zero-order valence-electron chi connectivity index (χ0n) is 8.86. The number of aromatic nitrogens is 2. The normalized spacial score (nSPS) is 20.9. The molecule has 1 aromatic rings. The second-order valence-electron chi connectivity index (χ2n) is 3.77. The van der Waals surface area contributed by atoms with Crippen molar-refractivity contribution in [2.24, 2.45) is 0 Å². The van der Waals surface area contributed by atoms with E-state index in [-0.39, 0.29) is 11.9 Å². The van der Waals surface area contributed by atoms with Crippen LogP contribution in [0.15, 0.2) is 6.20 Å². The van der Waals surface area contributed by atoms with Crippen LogP contribution in [-0.2, 0) is 4.79 Å². The van der Waals surface area contributed by atoms with Gasteiger partial charge in [-0.1, -0.05) is 6.92 Å². The molecule has 80 valence electrons. The first-order valence-corrected chi connectivity index (χ1v) is 5.31. The third-order valence-electron chi connectivity index (χ3n) is 2.74. The molecule has 0 bridgehead atoms. The fraction of sp³-hybridized carbons (Fsp3) is 0.545. The van der Waals surface area contributed by atoms with E-state index in [1.807, 2.05) is 18.2 Å². The summed E-state index contributed by atoms with van der Waals surface area (Å²) >= 11 is 0. The van der Waals surface area contributed by atoms with Crippen molar-refractivity contribution in [2.75, 3.05) is 6.54 Å². The van der Waals surface area contributed by atoms with Gasteiger partial charge in [-0.05, 0) is 19.3 Å². The van der Waals surface area contributed by atoms with Crippen molar-refractivity contribution in [1.82, 2.24) is 14.9 Å². The Balaban J connectivity index is 2.08. The molecule has 0 saturated carbocycles. The summed E-state index contributed by atoms with van der Waals surface area (Å²) in [6.07, 6.45) is 8.89. The monoisotopic (exact) mass is 205 g/mol. The number of nitrogens with one attached hydrogen (secondary N) is 1. The first-order chi connectivity index (χ1) is 7.33. The summed E-state index contributed by atoms with van der Waals surface area (Å²) in [7, 11) is 0. The Morgan fingerprint density at radius 2 is 2.73 bits per heavy atom. The highest BCUT2D eigenvalue weighted by atomic mass is 16.2. The molecule has 4 heteroatoms. The quantitative estimate of drug-likeness (QED) is 0.812. The van der Waals surface area contributed by atoms with Gasteiger partial charge in [0.2, 0.25) is 5.91 Å². The summed E-state index contributed by atoms with van der Waals surface area (Å²) in [5, 5.41) is 0. The first-order valence-electron chi connectivity index (χ1n) is 5.31. The van der Waals surface area contributed by atoms with Crippen LogP contribution < -0.4 is 0 Å². The zero-order chi connectivity index (χ0) is 10.7. The molecule has 0 aromatic carbocycles. The van der Waals surface area contributed by atoms with Crippen LogP contribution in [-0.4, -0.2) is 27.3 Å². The van der Waals surface area contributed by atoms with Gasteiger partial charge < -0.3 is 9.88 Å². The number of rotatable bonds is 3. The number of hydrogen-bond acceptors (Lipinski definition) is 2. The summed E-state index contributed by atoms with van der Waals surface area (Å²) in [5.74, 6) is 1.05. The van der Waals surface area contributed by atoms with Crippen molar-refractivity contribution in [3.8, 4) is 0 Å². The van der Waals surface area contributed by atoms with Gasteiger partial charge in [-0.2, -0.15) is 0 Å². The fourth-order valence-corrected chi connectivity index (χ4v) is 2.05. The van der Waals surface area contributed by atoms with E-state index in [9.17, 15) is 4.79 Å². The van der Waals surface area contributed by atoms with Gasteiger partial charge in [-0.25, -0.2) is 4.98 Å². The van der Waals surface area contributed by atoms with Crippen molar-refractivity contribution in [3.05, 3.63) is 24.6 Å². The van der Waals surface area contributed by atoms with Gasteiger partial charge in [0, 0.05) is 13.0 Å². The molecule has 1 aliphatic heterocycles. The van der Waals surface area contributed by atoms with Gasteiger partial charge in [-0.15, -0.1) is 0 Å². The Labute approximate surface area is 89.7 Å². The topological polar surface area (TPSA) is 49.0 Å². The Morgan fingerprint density at radius 3 is 3.40 bits per heavy atom. The lowest BCUT2D eigenvalue weighted by atomic mass is 10.2. The molecular formula is C11H15N3O. The third-order valence-corrected chi connectivity index (χ3v) is 2.74. The summed E-state index contributed by atoms with van der Waals surface area (Å²) in [5.41, 5.74) is 0. The second-order valence-corrected chi connectivity index (χ2v) is 3.77.